The fraction of sp³-hybridized carbons (Fsp3) is 0.167. The quantitative estimate of drug-likeness (QED) is 0.467. The van der Waals surface area contributed by atoms with Gasteiger partial charge in [-0.3, -0.25) is 14.7 Å². The van der Waals surface area contributed by atoms with E-state index in [0.717, 1.165) is 21.9 Å². The molecular formula is C18H14ClN5O2S2. The summed E-state index contributed by atoms with van der Waals surface area (Å²) in [6.07, 6.45) is 1.69. The minimum Gasteiger partial charge on any atom is -0.494 e. The third-order valence-electron chi connectivity index (χ3n) is 4.04. The molecule has 4 rings (SSSR count). The SMILES string of the molecule is COc1ccc(Cl)c2sc(N(Cc3ccccn3)C(=O)c3snnc3C)nc12. The number of rotatable bonds is 5. The Morgan fingerprint density at radius 1 is 1.29 bits per heavy atom. The van der Waals surface area contributed by atoms with Gasteiger partial charge in [0.05, 0.1) is 34.8 Å². The molecular weight excluding hydrogens is 418 g/mol. The van der Waals surface area contributed by atoms with Crippen molar-refractivity contribution in [3.63, 3.8) is 0 Å². The van der Waals surface area contributed by atoms with Crippen molar-refractivity contribution in [2.24, 2.45) is 0 Å². The van der Waals surface area contributed by atoms with Gasteiger partial charge in [-0.25, -0.2) is 4.98 Å². The molecule has 0 N–H and O–H groups in total. The number of aromatic nitrogens is 4. The highest BCUT2D eigenvalue weighted by Gasteiger charge is 2.26. The van der Waals surface area contributed by atoms with Gasteiger partial charge in [-0.1, -0.05) is 33.5 Å². The molecule has 0 aliphatic carbocycles. The van der Waals surface area contributed by atoms with Crippen LogP contribution in [0.3, 0.4) is 0 Å². The van der Waals surface area contributed by atoms with E-state index < -0.39 is 0 Å². The van der Waals surface area contributed by atoms with Gasteiger partial charge < -0.3 is 4.74 Å². The molecule has 1 aromatic carbocycles. The van der Waals surface area contributed by atoms with Gasteiger partial charge in [0, 0.05) is 6.20 Å². The summed E-state index contributed by atoms with van der Waals surface area (Å²) in [5.41, 5.74) is 1.94. The van der Waals surface area contributed by atoms with Gasteiger partial charge in [0.1, 0.15) is 16.1 Å². The molecule has 0 atom stereocenters. The third-order valence-corrected chi connectivity index (χ3v) is 6.39. The first kappa shape index (κ1) is 18.7. The Hall–Kier alpha value is -2.62. The number of anilines is 1. The van der Waals surface area contributed by atoms with E-state index in [1.165, 1.54) is 11.3 Å². The Kier molecular flexibility index (Phi) is 5.21. The van der Waals surface area contributed by atoms with Crippen molar-refractivity contribution in [1.29, 1.82) is 0 Å². The predicted molar refractivity (Wildman–Crippen MR) is 111 cm³/mol. The molecule has 0 spiro atoms. The number of amides is 1. The van der Waals surface area contributed by atoms with Crippen LogP contribution in [0, 0.1) is 6.92 Å². The van der Waals surface area contributed by atoms with Crippen LogP contribution >= 0.6 is 34.5 Å². The number of aryl methyl sites for hydroxylation is 1. The summed E-state index contributed by atoms with van der Waals surface area (Å²) in [4.78, 5) is 24.3. The molecule has 0 radical (unpaired) electrons. The lowest BCUT2D eigenvalue weighted by Crippen LogP contribution is -2.30. The Labute approximate surface area is 173 Å². The summed E-state index contributed by atoms with van der Waals surface area (Å²) in [5, 5.41) is 5.01. The number of thiazole rings is 1. The zero-order chi connectivity index (χ0) is 19.7. The number of benzene rings is 1. The molecule has 0 saturated heterocycles. The zero-order valence-electron chi connectivity index (χ0n) is 14.9. The van der Waals surface area contributed by atoms with Crippen LogP contribution in [0.4, 0.5) is 5.13 Å². The van der Waals surface area contributed by atoms with Crippen LogP contribution in [0.5, 0.6) is 5.75 Å². The van der Waals surface area contributed by atoms with Crippen molar-refractivity contribution in [3.8, 4) is 5.75 Å². The number of nitrogens with zero attached hydrogens (tertiary/aromatic N) is 5. The molecule has 0 aliphatic rings. The maximum absolute atomic E-state index is 13.3. The van der Waals surface area contributed by atoms with Crippen LogP contribution in [0.2, 0.25) is 5.02 Å². The molecule has 28 heavy (non-hydrogen) atoms. The van der Waals surface area contributed by atoms with Crippen LogP contribution in [0.15, 0.2) is 36.5 Å². The molecule has 3 aromatic heterocycles. The van der Waals surface area contributed by atoms with Crippen molar-refractivity contribution in [2.45, 2.75) is 13.5 Å². The molecule has 7 nitrogen and oxygen atoms in total. The van der Waals surface area contributed by atoms with Gasteiger partial charge >= 0.3 is 0 Å². The van der Waals surface area contributed by atoms with Crippen LogP contribution in [-0.4, -0.2) is 32.6 Å². The van der Waals surface area contributed by atoms with Gasteiger partial charge in [0.15, 0.2) is 5.13 Å². The highest BCUT2D eigenvalue weighted by Crippen LogP contribution is 2.39. The minimum atomic E-state index is -0.229. The molecule has 0 aliphatic heterocycles. The summed E-state index contributed by atoms with van der Waals surface area (Å²) < 4.78 is 10.0. The van der Waals surface area contributed by atoms with E-state index in [0.29, 0.717) is 32.0 Å². The largest absolute Gasteiger partial charge is 0.494 e. The normalized spacial score (nSPS) is 11.0. The smallest absolute Gasteiger partial charge is 0.274 e. The summed E-state index contributed by atoms with van der Waals surface area (Å²) >= 11 is 8.74. The maximum atomic E-state index is 13.3. The predicted octanol–water partition coefficient (Wildman–Crippen LogP) is 4.36. The van der Waals surface area contributed by atoms with Gasteiger partial charge in [-0.2, -0.15) is 0 Å². The lowest BCUT2D eigenvalue weighted by molar-refractivity contribution is 0.0988. The fourth-order valence-electron chi connectivity index (χ4n) is 2.65. The molecule has 142 valence electrons. The number of ether oxygens (including phenoxy) is 1. The summed E-state index contributed by atoms with van der Waals surface area (Å²) in [6, 6.07) is 9.08. The van der Waals surface area contributed by atoms with Gasteiger partial charge in [-0.05, 0) is 42.7 Å². The maximum Gasteiger partial charge on any atom is 0.274 e. The van der Waals surface area contributed by atoms with Gasteiger partial charge in [-0.15, -0.1) is 5.10 Å². The van der Waals surface area contributed by atoms with Crippen LogP contribution in [0.1, 0.15) is 21.1 Å². The van der Waals surface area contributed by atoms with Crippen molar-refractivity contribution in [2.75, 3.05) is 12.0 Å². The summed E-state index contributed by atoms with van der Waals surface area (Å²) in [6.45, 7) is 2.02. The summed E-state index contributed by atoms with van der Waals surface area (Å²) in [5.74, 6) is 0.370. The van der Waals surface area contributed by atoms with E-state index in [1.54, 1.807) is 37.3 Å². The average Bonchev–Trinajstić information content (AvgIpc) is 3.34. The second-order valence-electron chi connectivity index (χ2n) is 5.82. The Bertz CT molecular complexity index is 1150. The molecule has 0 bridgehead atoms. The van der Waals surface area contributed by atoms with E-state index in [2.05, 4.69) is 19.6 Å². The highest BCUT2D eigenvalue weighted by atomic mass is 35.5. The van der Waals surface area contributed by atoms with Crippen molar-refractivity contribution in [3.05, 3.63) is 57.8 Å². The molecule has 0 unspecified atom stereocenters. The number of fused-ring (bicyclic) bond motifs is 1. The standard InChI is InChI=1S/C18H14ClN5O2S2/c1-10-15(28-23-22-10)17(25)24(9-11-5-3-4-8-20-11)18-21-14-13(26-2)7-6-12(19)16(14)27-18/h3-8H,9H2,1-2H3. The minimum absolute atomic E-state index is 0.229. The second kappa shape index (κ2) is 7.78. The fourth-order valence-corrected chi connectivity index (χ4v) is 4.51. The topological polar surface area (TPSA) is 81.1 Å². The number of hydrogen-bond acceptors (Lipinski definition) is 8. The monoisotopic (exact) mass is 431 g/mol. The van der Waals surface area contributed by atoms with Crippen LogP contribution in [-0.2, 0) is 6.54 Å². The number of carbonyl (C=O) groups excluding carboxylic acids is 1. The molecule has 1 amide bonds. The van der Waals surface area contributed by atoms with E-state index >= 15 is 0 Å². The van der Waals surface area contributed by atoms with Gasteiger partial charge in [0.25, 0.3) is 5.91 Å². The van der Waals surface area contributed by atoms with Crippen molar-refractivity contribution < 1.29 is 9.53 Å². The number of carbonyl (C=O) groups is 1. The molecule has 3 heterocycles. The van der Waals surface area contributed by atoms with E-state index in [4.69, 9.17) is 16.3 Å². The van der Waals surface area contributed by atoms with Crippen molar-refractivity contribution >= 4 is 55.7 Å². The first-order valence-corrected chi connectivity index (χ1v) is 10.2. The highest BCUT2D eigenvalue weighted by molar-refractivity contribution is 7.23. The Morgan fingerprint density at radius 3 is 2.82 bits per heavy atom. The average molecular weight is 432 g/mol. The second-order valence-corrected chi connectivity index (χ2v) is 7.96. The van der Waals surface area contributed by atoms with Crippen LogP contribution in [0.25, 0.3) is 10.2 Å². The first-order chi connectivity index (χ1) is 13.6. The number of halogens is 1. The van der Waals surface area contributed by atoms with Crippen molar-refractivity contribution in [1.82, 2.24) is 19.6 Å². The number of hydrogen-bond donors (Lipinski definition) is 0. The first-order valence-electron chi connectivity index (χ1n) is 8.22. The van der Waals surface area contributed by atoms with Gasteiger partial charge in [0.2, 0.25) is 0 Å². The number of pyridine rings is 1. The zero-order valence-corrected chi connectivity index (χ0v) is 17.3. The third kappa shape index (κ3) is 3.44. The molecule has 4 aromatic rings. The Balaban J connectivity index is 1.83. The van der Waals surface area contributed by atoms with E-state index in [-0.39, 0.29) is 12.5 Å². The number of methoxy groups -OCH3 is 1. The molecule has 10 heteroatoms. The lowest BCUT2D eigenvalue weighted by Gasteiger charge is -2.18. The lowest BCUT2D eigenvalue weighted by atomic mass is 10.3. The Morgan fingerprint density at radius 2 is 2.14 bits per heavy atom. The molecule has 0 saturated carbocycles. The van der Waals surface area contributed by atoms with E-state index in [1.807, 2.05) is 18.2 Å². The molecule has 0 fully saturated rings. The van der Waals surface area contributed by atoms with E-state index in [9.17, 15) is 4.79 Å². The van der Waals surface area contributed by atoms with Crippen LogP contribution < -0.4 is 9.64 Å². The summed E-state index contributed by atoms with van der Waals surface area (Å²) in [7, 11) is 1.57.